The topological polar surface area (TPSA) is 72.9 Å². The van der Waals surface area contributed by atoms with Crippen LogP contribution in [0.3, 0.4) is 0 Å². The standard InChI is InChI=1S/C16H21NO5S/c1-2-21-16(18)13-4-3-8-17(11-13)23(19,20)14-5-6-15-12(10-14)7-9-22-15/h5-6,10,13H,2-4,7-9,11H2,1H3/t13-/m0/s1. The normalized spacial score (nSPS) is 21.5. The number of carbonyl (C=O) groups excluding carboxylic acids is 1. The highest BCUT2D eigenvalue weighted by molar-refractivity contribution is 7.89. The van der Waals surface area contributed by atoms with Crippen LogP contribution in [0, 0.1) is 5.92 Å². The summed E-state index contributed by atoms with van der Waals surface area (Å²) in [6, 6.07) is 4.97. The van der Waals surface area contributed by atoms with E-state index in [0.717, 1.165) is 17.7 Å². The third kappa shape index (κ3) is 3.21. The van der Waals surface area contributed by atoms with Gasteiger partial charge in [0.2, 0.25) is 10.0 Å². The van der Waals surface area contributed by atoms with E-state index in [1.807, 2.05) is 0 Å². The van der Waals surface area contributed by atoms with E-state index in [0.29, 0.717) is 32.6 Å². The number of fused-ring (bicyclic) bond motifs is 1. The monoisotopic (exact) mass is 339 g/mol. The van der Waals surface area contributed by atoms with E-state index in [-0.39, 0.29) is 23.3 Å². The maximum absolute atomic E-state index is 12.8. The number of ether oxygens (including phenoxy) is 2. The lowest BCUT2D eigenvalue weighted by atomic mass is 10.0. The second kappa shape index (κ2) is 6.49. The molecule has 23 heavy (non-hydrogen) atoms. The first kappa shape index (κ1) is 16.3. The molecule has 0 aromatic heterocycles. The van der Waals surface area contributed by atoms with Crippen molar-refractivity contribution in [1.29, 1.82) is 0 Å². The van der Waals surface area contributed by atoms with Crippen LogP contribution in [0.15, 0.2) is 23.1 Å². The van der Waals surface area contributed by atoms with Crippen molar-refractivity contribution in [3.8, 4) is 5.75 Å². The third-order valence-corrected chi connectivity index (χ3v) is 6.16. The third-order valence-electron chi connectivity index (χ3n) is 4.30. The van der Waals surface area contributed by atoms with E-state index in [1.54, 1.807) is 25.1 Å². The van der Waals surface area contributed by atoms with Crippen molar-refractivity contribution in [2.24, 2.45) is 5.92 Å². The molecule has 0 radical (unpaired) electrons. The number of nitrogens with zero attached hydrogens (tertiary/aromatic N) is 1. The molecule has 3 rings (SSSR count). The average Bonchev–Trinajstić information content (AvgIpc) is 3.03. The van der Waals surface area contributed by atoms with Gasteiger partial charge in [-0.25, -0.2) is 8.42 Å². The molecule has 1 atom stereocenters. The number of hydrogen-bond donors (Lipinski definition) is 0. The minimum Gasteiger partial charge on any atom is -0.493 e. The summed E-state index contributed by atoms with van der Waals surface area (Å²) < 4.78 is 37.5. The maximum Gasteiger partial charge on any atom is 0.310 e. The summed E-state index contributed by atoms with van der Waals surface area (Å²) in [4.78, 5) is 12.2. The van der Waals surface area contributed by atoms with Crippen LogP contribution in [0.1, 0.15) is 25.3 Å². The van der Waals surface area contributed by atoms with Crippen molar-refractivity contribution in [3.05, 3.63) is 23.8 Å². The second-order valence-corrected chi connectivity index (χ2v) is 7.76. The fourth-order valence-corrected chi connectivity index (χ4v) is 4.66. The second-order valence-electron chi connectivity index (χ2n) is 5.82. The first-order chi connectivity index (χ1) is 11.0. The molecule has 0 aliphatic carbocycles. The van der Waals surface area contributed by atoms with Crippen LogP contribution >= 0.6 is 0 Å². The van der Waals surface area contributed by atoms with E-state index < -0.39 is 10.0 Å². The van der Waals surface area contributed by atoms with Gasteiger partial charge in [-0.15, -0.1) is 0 Å². The Morgan fingerprint density at radius 3 is 3.04 bits per heavy atom. The molecule has 0 N–H and O–H groups in total. The highest BCUT2D eigenvalue weighted by atomic mass is 32.2. The van der Waals surface area contributed by atoms with Crippen molar-refractivity contribution < 1.29 is 22.7 Å². The molecule has 0 spiro atoms. The van der Waals surface area contributed by atoms with Gasteiger partial charge in [-0.05, 0) is 43.5 Å². The molecule has 0 bridgehead atoms. The molecule has 2 aliphatic heterocycles. The van der Waals surface area contributed by atoms with Gasteiger partial charge >= 0.3 is 5.97 Å². The molecule has 1 saturated heterocycles. The maximum atomic E-state index is 12.8. The van der Waals surface area contributed by atoms with Gasteiger partial charge in [0.25, 0.3) is 0 Å². The Balaban J connectivity index is 1.80. The lowest BCUT2D eigenvalue weighted by Gasteiger charge is -2.30. The van der Waals surface area contributed by atoms with Crippen LogP contribution in [-0.4, -0.2) is 45.0 Å². The lowest BCUT2D eigenvalue weighted by molar-refractivity contribution is -0.149. The van der Waals surface area contributed by atoms with Crippen molar-refractivity contribution in [2.75, 3.05) is 26.3 Å². The number of piperidine rings is 1. The Kier molecular flexibility index (Phi) is 4.59. The van der Waals surface area contributed by atoms with Crippen molar-refractivity contribution >= 4 is 16.0 Å². The predicted molar refractivity (Wildman–Crippen MR) is 83.8 cm³/mol. The summed E-state index contributed by atoms with van der Waals surface area (Å²) in [6.07, 6.45) is 2.06. The van der Waals surface area contributed by atoms with Gasteiger partial charge in [-0.2, -0.15) is 4.31 Å². The number of rotatable bonds is 4. The molecule has 7 heteroatoms. The van der Waals surface area contributed by atoms with Crippen molar-refractivity contribution in [2.45, 2.75) is 31.1 Å². The number of hydrogen-bond acceptors (Lipinski definition) is 5. The molecular formula is C16H21NO5S. The number of carbonyl (C=O) groups is 1. The van der Waals surface area contributed by atoms with Gasteiger partial charge in [-0.3, -0.25) is 4.79 Å². The lowest BCUT2D eigenvalue weighted by Crippen LogP contribution is -2.42. The Hall–Kier alpha value is -1.60. The summed E-state index contributed by atoms with van der Waals surface area (Å²) in [7, 11) is -3.59. The first-order valence-electron chi connectivity index (χ1n) is 7.95. The van der Waals surface area contributed by atoms with Crippen LogP contribution in [0.25, 0.3) is 0 Å². The molecule has 2 aliphatic rings. The Labute approximate surface area is 136 Å². The number of benzene rings is 1. The summed E-state index contributed by atoms with van der Waals surface area (Å²) in [5.41, 5.74) is 0.921. The quantitative estimate of drug-likeness (QED) is 0.779. The first-order valence-corrected chi connectivity index (χ1v) is 9.39. The highest BCUT2D eigenvalue weighted by Gasteiger charge is 2.34. The fraction of sp³-hybridized carbons (Fsp3) is 0.562. The van der Waals surface area contributed by atoms with Gasteiger partial charge < -0.3 is 9.47 Å². The van der Waals surface area contributed by atoms with E-state index in [1.165, 1.54) is 4.31 Å². The molecule has 1 aromatic carbocycles. The Bertz CT molecular complexity index is 700. The van der Waals surface area contributed by atoms with Crippen LogP contribution in [-0.2, 0) is 26.0 Å². The van der Waals surface area contributed by atoms with Gasteiger partial charge in [0.1, 0.15) is 5.75 Å². The van der Waals surface area contributed by atoms with Gasteiger partial charge in [0.15, 0.2) is 0 Å². The molecule has 0 amide bonds. The van der Waals surface area contributed by atoms with Crippen LogP contribution < -0.4 is 4.74 Å². The van der Waals surface area contributed by atoms with Crippen molar-refractivity contribution in [3.63, 3.8) is 0 Å². The van der Waals surface area contributed by atoms with Gasteiger partial charge in [-0.1, -0.05) is 0 Å². The minimum absolute atomic E-state index is 0.189. The molecule has 2 heterocycles. The molecular weight excluding hydrogens is 318 g/mol. The summed E-state index contributed by atoms with van der Waals surface area (Å²) in [5, 5.41) is 0. The number of sulfonamides is 1. The van der Waals surface area contributed by atoms with Gasteiger partial charge in [0.05, 0.1) is 24.0 Å². The highest BCUT2D eigenvalue weighted by Crippen LogP contribution is 2.30. The zero-order valence-electron chi connectivity index (χ0n) is 13.2. The molecule has 1 fully saturated rings. The smallest absolute Gasteiger partial charge is 0.310 e. The van der Waals surface area contributed by atoms with E-state index in [2.05, 4.69) is 0 Å². The fourth-order valence-electron chi connectivity index (χ4n) is 3.09. The molecule has 0 unspecified atom stereocenters. The van der Waals surface area contributed by atoms with Crippen LogP contribution in [0.2, 0.25) is 0 Å². The minimum atomic E-state index is -3.59. The van der Waals surface area contributed by atoms with Crippen molar-refractivity contribution in [1.82, 2.24) is 4.31 Å². The van der Waals surface area contributed by atoms with E-state index in [9.17, 15) is 13.2 Å². The van der Waals surface area contributed by atoms with Crippen LogP contribution in [0.5, 0.6) is 5.75 Å². The molecule has 0 saturated carbocycles. The zero-order valence-corrected chi connectivity index (χ0v) is 14.0. The van der Waals surface area contributed by atoms with Gasteiger partial charge in [0, 0.05) is 19.5 Å². The molecule has 126 valence electrons. The largest absolute Gasteiger partial charge is 0.493 e. The molecule has 6 nitrogen and oxygen atoms in total. The number of esters is 1. The Morgan fingerprint density at radius 2 is 2.26 bits per heavy atom. The molecule has 1 aromatic rings. The zero-order chi connectivity index (χ0) is 16.4. The van der Waals surface area contributed by atoms with E-state index >= 15 is 0 Å². The average molecular weight is 339 g/mol. The van der Waals surface area contributed by atoms with Crippen LogP contribution in [0.4, 0.5) is 0 Å². The summed E-state index contributed by atoms with van der Waals surface area (Å²) in [6.45, 7) is 3.28. The summed E-state index contributed by atoms with van der Waals surface area (Å²) >= 11 is 0. The Morgan fingerprint density at radius 1 is 1.43 bits per heavy atom. The van der Waals surface area contributed by atoms with E-state index in [4.69, 9.17) is 9.47 Å². The SMILES string of the molecule is CCOC(=O)[C@H]1CCCN(S(=O)(=O)c2ccc3c(c2)CCO3)C1. The summed E-state index contributed by atoms with van der Waals surface area (Å²) in [5.74, 6) is 0.0676. The predicted octanol–water partition coefficient (Wildman–Crippen LogP) is 1.59.